The smallest absolute Gasteiger partial charge is 0.250 e. The Balaban J connectivity index is 2.18. The number of benzene rings is 1. The van der Waals surface area contributed by atoms with Crippen LogP contribution in [0.4, 0.5) is 5.69 Å². The normalized spacial score (nSPS) is 12.0. The molecule has 0 aliphatic carbocycles. The second-order valence-electron chi connectivity index (χ2n) is 6.90. The lowest BCUT2D eigenvalue weighted by Gasteiger charge is -2.36. The van der Waals surface area contributed by atoms with Crippen molar-refractivity contribution in [2.75, 3.05) is 0 Å². The molecule has 1 heterocycles. The van der Waals surface area contributed by atoms with Crippen molar-refractivity contribution in [3.63, 3.8) is 0 Å². The van der Waals surface area contributed by atoms with E-state index >= 15 is 0 Å². The van der Waals surface area contributed by atoms with Crippen LogP contribution in [-0.4, -0.2) is 18.3 Å². The molecule has 0 aliphatic rings. The topological polar surface area (TPSA) is 46.8 Å². The zero-order chi connectivity index (χ0) is 16.4. The second-order valence-corrected chi connectivity index (χ2v) is 11.6. The molecule has 0 aliphatic heterocycles. The molecular weight excluding hydrogens is 292 g/mol. The van der Waals surface area contributed by atoms with Gasteiger partial charge in [0, 0.05) is 12.4 Å². The molecule has 1 N–H and O–H groups in total. The molecule has 0 bridgehead atoms. The van der Waals surface area contributed by atoms with Gasteiger partial charge in [0.1, 0.15) is 5.75 Å². The average Bonchev–Trinajstić information content (AvgIpc) is 2.42. The highest BCUT2D eigenvalue weighted by Crippen LogP contribution is 2.37. The van der Waals surface area contributed by atoms with Crippen LogP contribution >= 0.6 is 0 Å². The first-order valence-corrected chi connectivity index (χ1v) is 10.3. The molecule has 1 aromatic carbocycles. The van der Waals surface area contributed by atoms with Crippen LogP contribution in [0.2, 0.25) is 18.1 Å². The summed E-state index contributed by atoms with van der Waals surface area (Å²) < 4.78 is 7.24. The Morgan fingerprint density at radius 1 is 1.00 bits per heavy atom. The molecule has 5 heteroatoms. The average molecular weight is 316 g/mol. The number of hydrogen-bond donors (Lipinski definition) is 1. The summed E-state index contributed by atoms with van der Waals surface area (Å²) in [7, 11) is -1.80. The van der Waals surface area contributed by atoms with Crippen molar-refractivity contribution in [2.24, 2.45) is 4.99 Å². The molecular formula is C17H24N2O2Si. The van der Waals surface area contributed by atoms with Crippen molar-refractivity contribution >= 4 is 14.0 Å². The van der Waals surface area contributed by atoms with Crippen molar-refractivity contribution < 1.29 is 9.63 Å². The molecule has 4 nitrogen and oxygen atoms in total. The lowest BCUT2D eigenvalue weighted by atomic mass is 10.2. The van der Waals surface area contributed by atoms with Crippen molar-refractivity contribution in [2.45, 2.75) is 38.9 Å². The maximum Gasteiger partial charge on any atom is 0.250 e. The molecule has 2 aromatic rings. The zero-order valence-electron chi connectivity index (χ0n) is 13.9. The number of rotatable bonds is 3. The predicted molar refractivity (Wildman–Crippen MR) is 91.1 cm³/mol. The Labute approximate surface area is 132 Å². The van der Waals surface area contributed by atoms with E-state index in [0.29, 0.717) is 0 Å². The lowest BCUT2D eigenvalue weighted by Crippen LogP contribution is -2.43. The highest BCUT2D eigenvalue weighted by atomic mass is 28.4. The van der Waals surface area contributed by atoms with E-state index in [9.17, 15) is 5.21 Å². The van der Waals surface area contributed by atoms with Gasteiger partial charge in [0.15, 0.2) is 0 Å². The van der Waals surface area contributed by atoms with Gasteiger partial charge in [-0.15, -0.1) is 0 Å². The van der Waals surface area contributed by atoms with Crippen LogP contribution in [0, 0.1) is 0 Å². The Morgan fingerprint density at radius 2 is 1.55 bits per heavy atom. The predicted octanol–water partition coefficient (Wildman–Crippen LogP) is 4.34. The standard InChI is InChI=1S/C17H24N2O2Si/c1-17(2,3)22(4,5)21-16-8-6-14(7-9-16)18-15-10-12-19(20)13-11-15/h6-13,20H,1-5H3. The molecule has 0 saturated carbocycles. The fourth-order valence-corrected chi connectivity index (χ4v) is 2.70. The second kappa shape index (κ2) is 6.00. The van der Waals surface area contributed by atoms with Crippen LogP contribution < -0.4 is 9.78 Å². The van der Waals surface area contributed by atoms with E-state index in [1.807, 2.05) is 24.3 Å². The van der Waals surface area contributed by atoms with Gasteiger partial charge in [-0.1, -0.05) is 20.8 Å². The van der Waals surface area contributed by atoms with Crippen LogP contribution in [-0.2, 0) is 0 Å². The van der Waals surface area contributed by atoms with E-state index in [4.69, 9.17) is 4.43 Å². The van der Waals surface area contributed by atoms with Gasteiger partial charge in [0.2, 0.25) is 8.32 Å². The minimum absolute atomic E-state index is 0.180. The fraction of sp³-hybridized carbons (Fsp3) is 0.353. The summed E-state index contributed by atoms with van der Waals surface area (Å²) in [6.45, 7) is 11.2. The maximum absolute atomic E-state index is 9.20. The minimum atomic E-state index is -1.80. The van der Waals surface area contributed by atoms with E-state index in [1.54, 1.807) is 24.5 Å². The molecule has 0 saturated heterocycles. The maximum atomic E-state index is 9.20. The summed E-state index contributed by atoms with van der Waals surface area (Å²) in [6, 6.07) is 11.3. The first kappa shape index (κ1) is 16.4. The van der Waals surface area contributed by atoms with Gasteiger partial charge in [-0.2, -0.15) is 0 Å². The molecule has 0 fully saturated rings. The van der Waals surface area contributed by atoms with E-state index in [2.05, 4.69) is 38.9 Å². The molecule has 0 atom stereocenters. The Kier molecular flexibility index (Phi) is 4.46. The third-order valence-corrected chi connectivity index (χ3v) is 8.43. The van der Waals surface area contributed by atoms with Gasteiger partial charge in [-0.05, 0) is 54.5 Å². The van der Waals surface area contributed by atoms with Crippen LogP contribution in [0.25, 0.3) is 0 Å². The highest BCUT2D eigenvalue weighted by Gasteiger charge is 2.38. The van der Waals surface area contributed by atoms with Crippen LogP contribution in [0.5, 0.6) is 5.75 Å². The molecule has 0 spiro atoms. The van der Waals surface area contributed by atoms with Crippen LogP contribution in [0.15, 0.2) is 53.8 Å². The first-order chi connectivity index (χ1) is 10.2. The summed E-state index contributed by atoms with van der Waals surface area (Å²) in [4.78, 5) is 4.50. The third-order valence-electron chi connectivity index (χ3n) is 4.07. The van der Waals surface area contributed by atoms with Gasteiger partial charge < -0.3 is 9.63 Å². The summed E-state index contributed by atoms with van der Waals surface area (Å²) in [5, 5.41) is 10.2. The van der Waals surface area contributed by atoms with E-state index < -0.39 is 8.32 Å². The van der Waals surface area contributed by atoms with Crippen LogP contribution in [0.3, 0.4) is 0 Å². The highest BCUT2D eigenvalue weighted by molar-refractivity contribution is 6.74. The summed E-state index contributed by atoms with van der Waals surface area (Å²) in [5.41, 5.74) is 0.860. The first-order valence-electron chi connectivity index (χ1n) is 7.39. The van der Waals surface area contributed by atoms with E-state index in [1.165, 1.54) is 0 Å². The summed E-state index contributed by atoms with van der Waals surface area (Å²) in [5.74, 6) is 0.895. The van der Waals surface area contributed by atoms with Gasteiger partial charge in [0.05, 0.1) is 11.0 Å². The number of pyridine rings is 1. The Morgan fingerprint density at radius 3 is 2.05 bits per heavy atom. The van der Waals surface area contributed by atoms with Crippen molar-refractivity contribution in [1.82, 2.24) is 4.73 Å². The third kappa shape index (κ3) is 4.01. The molecule has 0 unspecified atom stereocenters. The van der Waals surface area contributed by atoms with Gasteiger partial charge in [-0.3, -0.25) is 0 Å². The van der Waals surface area contributed by atoms with Crippen molar-refractivity contribution in [3.8, 4) is 5.75 Å². The van der Waals surface area contributed by atoms with E-state index in [-0.39, 0.29) is 5.04 Å². The number of hydrogen-bond acceptors (Lipinski definition) is 3. The number of nitrogens with zero attached hydrogens (tertiary/aromatic N) is 2. The molecule has 22 heavy (non-hydrogen) atoms. The minimum Gasteiger partial charge on any atom is -0.544 e. The SMILES string of the molecule is CC(C)(C)[Si](C)(C)Oc1ccc(N=c2ccn(O)cc2)cc1. The molecule has 118 valence electrons. The molecule has 2 rings (SSSR count). The largest absolute Gasteiger partial charge is 0.544 e. The fourth-order valence-electron chi connectivity index (χ4n) is 1.67. The summed E-state index contributed by atoms with van der Waals surface area (Å²) >= 11 is 0. The van der Waals surface area contributed by atoms with Gasteiger partial charge in [-0.25, -0.2) is 9.72 Å². The monoisotopic (exact) mass is 316 g/mol. The quantitative estimate of drug-likeness (QED) is 0.676. The number of aromatic nitrogens is 1. The summed E-state index contributed by atoms with van der Waals surface area (Å²) in [6.07, 6.45) is 3.10. The molecule has 0 radical (unpaired) electrons. The van der Waals surface area contributed by atoms with Gasteiger partial charge >= 0.3 is 0 Å². The van der Waals surface area contributed by atoms with Crippen molar-refractivity contribution in [3.05, 3.63) is 54.1 Å². The van der Waals surface area contributed by atoms with Gasteiger partial charge in [0.25, 0.3) is 0 Å². The Bertz CT molecular complexity index is 677. The lowest BCUT2D eigenvalue weighted by molar-refractivity contribution is 0.184. The Hall–Kier alpha value is -2.01. The van der Waals surface area contributed by atoms with Crippen molar-refractivity contribution in [1.29, 1.82) is 0 Å². The zero-order valence-corrected chi connectivity index (χ0v) is 14.9. The molecule has 1 aromatic heterocycles. The molecule has 0 amide bonds. The van der Waals surface area contributed by atoms with E-state index in [0.717, 1.165) is 21.5 Å². The van der Waals surface area contributed by atoms with Crippen LogP contribution in [0.1, 0.15) is 20.8 Å².